The maximum Gasteiger partial charge on any atom is 0.256 e. The molecule has 0 aromatic carbocycles. The lowest BCUT2D eigenvalue weighted by atomic mass is 10.1. The molecule has 0 saturated heterocycles. The van der Waals surface area contributed by atoms with Gasteiger partial charge in [-0.25, -0.2) is 4.98 Å². The molecule has 0 spiro atoms. The lowest BCUT2D eigenvalue weighted by molar-refractivity contribution is -0.133. The highest BCUT2D eigenvalue weighted by molar-refractivity contribution is 7.99. The third-order valence-corrected chi connectivity index (χ3v) is 4.22. The molecule has 0 unspecified atom stereocenters. The third-order valence-electron chi connectivity index (χ3n) is 3.31. The molecule has 2 aromatic rings. The molecule has 0 saturated carbocycles. The van der Waals surface area contributed by atoms with E-state index in [9.17, 15) is 9.59 Å². The number of amides is 2. The number of carbonyl (C=O) groups excluding carboxylic acids is 2. The van der Waals surface area contributed by atoms with E-state index in [1.54, 1.807) is 7.05 Å². The molecule has 2 heterocycles. The van der Waals surface area contributed by atoms with Gasteiger partial charge in [0.05, 0.1) is 12.3 Å². The fourth-order valence-corrected chi connectivity index (χ4v) is 3.22. The first kappa shape index (κ1) is 19.2. The monoisotopic (exact) mass is 364 g/mol. The summed E-state index contributed by atoms with van der Waals surface area (Å²) in [5.74, 6) is 0.360. The number of likely N-dealkylation sites (N-methyl/N-ethyl adjacent to an activating group) is 1. The highest BCUT2D eigenvalue weighted by atomic mass is 32.2. The van der Waals surface area contributed by atoms with E-state index in [2.05, 4.69) is 20.5 Å². The summed E-state index contributed by atoms with van der Waals surface area (Å²) in [6.45, 7) is 9.57. The number of hydrogen-bond acceptors (Lipinski definition) is 6. The van der Waals surface area contributed by atoms with Crippen molar-refractivity contribution in [2.75, 3.05) is 19.3 Å². The van der Waals surface area contributed by atoms with Gasteiger partial charge >= 0.3 is 0 Å². The van der Waals surface area contributed by atoms with Crippen LogP contribution in [0.5, 0.6) is 0 Å². The molecule has 0 bridgehead atoms. The van der Waals surface area contributed by atoms with Crippen LogP contribution in [-0.4, -0.2) is 61.2 Å². The Morgan fingerprint density at radius 1 is 1.28 bits per heavy atom. The molecule has 25 heavy (non-hydrogen) atoms. The predicted molar refractivity (Wildman–Crippen MR) is 96.5 cm³/mol. The molecular weight excluding hydrogens is 340 g/mol. The normalized spacial score (nSPS) is 11.6. The average molecular weight is 364 g/mol. The number of thioether (sulfide) groups is 1. The van der Waals surface area contributed by atoms with E-state index in [1.807, 2.05) is 45.1 Å². The first-order valence-corrected chi connectivity index (χ1v) is 8.92. The summed E-state index contributed by atoms with van der Waals surface area (Å²) in [7, 11) is 1.61. The van der Waals surface area contributed by atoms with Crippen molar-refractivity contribution >= 4 is 29.4 Å². The van der Waals surface area contributed by atoms with Crippen LogP contribution in [0.25, 0.3) is 5.78 Å². The van der Waals surface area contributed by atoms with Crippen LogP contribution >= 0.6 is 11.8 Å². The van der Waals surface area contributed by atoms with Gasteiger partial charge in [0, 0.05) is 24.0 Å². The molecule has 0 aliphatic carbocycles. The Labute approximate surface area is 151 Å². The largest absolute Gasteiger partial charge is 0.350 e. The molecule has 0 fully saturated rings. The fourth-order valence-electron chi connectivity index (χ4n) is 2.29. The number of hydrogen-bond donors (Lipinski definition) is 1. The quantitative estimate of drug-likeness (QED) is 0.802. The van der Waals surface area contributed by atoms with Crippen LogP contribution in [0.4, 0.5) is 0 Å². The van der Waals surface area contributed by atoms with Gasteiger partial charge in [-0.3, -0.25) is 14.0 Å². The molecular formula is C16H24N6O2S. The van der Waals surface area contributed by atoms with Crippen molar-refractivity contribution < 1.29 is 9.59 Å². The topological polar surface area (TPSA) is 92.5 Å². The van der Waals surface area contributed by atoms with Gasteiger partial charge in [0.15, 0.2) is 5.16 Å². The van der Waals surface area contributed by atoms with Crippen molar-refractivity contribution in [1.29, 1.82) is 0 Å². The van der Waals surface area contributed by atoms with Crippen LogP contribution in [-0.2, 0) is 9.59 Å². The molecule has 0 aliphatic rings. The molecule has 2 amide bonds. The highest BCUT2D eigenvalue weighted by Crippen LogP contribution is 2.18. The van der Waals surface area contributed by atoms with Gasteiger partial charge in [-0.1, -0.05) is 11.8 Å². The van der Waals surface area contributed by atoms with E-state index >= 15 is 0 Å². The van der Waals surface area contributed by atoms with Crippen molar-refractivity contribution in [3.05, 3.63) is 17.5 Å². The van der Waals surface area contributed by atoms with Gasteiger partial charge in [-0.15, -0.1) is 10.2 Å². The molecule has 8 nitrogen and oxygen atoms in total. The summed E-state index contributed by atoms with van der Waals surface area (Å²) in [4.78, 5) is 29.9. The Balaban J connectivity index is 1.97. The van der Waals surface area contributed by atoms with E-state index in [0.717, 1.165) is 11.4 Å². The van der Waals surface area contributed by atoms with Crippen LogP contribution in [0, 0.1) is 13.8 Å². The summed E-state index contributed by atoms with van der Waals surface area (Å²) < 4.78 is 1.82. The number of fused-ring (bicyclic) bond motifs is 1. The van der Waals surface area contributed by atoms with Crippen LogP contribution in [0.15, 0.2) is 11.2 Å². The zero-order valence-corrected chi connectivity index (χ0v) is 16.3. The van der Waals surface area contributed by atoms with Gasteiger partial charge in [-0.05, 0) is 40.7 Å². The van der Waals surface area contributed by atoms with Crippen molar-refractivity contribution in [1.82, 2.24) is 29.8 Å². The molecule has 0 atom stereocenters. The van der Waals surface area contributed by atoms with Gasteiger partial charge in [-0.2, -0.15) is 0 Å². The highest BCUT2D eigenvalue weighted by Gasteiger charge is 2.19. The lowest BCUT2D eigenvalue weighted by Crippen LogP contribution is -2.46. The number of nitrogens with zero attached hydrogens (tertiary/aromatic N) is 5. The fraction of sp³-hybridized carbons (Fsp3) is 0.562. The van der Waals surface area contributed by atoms with Crippen LogP contribution < -0.4 is 5.32 Å². The van der Waals surface area contributed by atoms with Gasteiger partial charge in [0.2, 0.25) is 11.8 Å². The maximum absolute atomic E-state index is 12.3. The Morgan fingerprint density at radius 3 is 2.60 bits per heavy atom. The lowest BCUT2D eigenvalue weighted by Gasteiger charge is -2.23. The summed E-state index contributed by atoms with van der Waals surface area (Å²) in [5, 5.41) is 11.6. The zero-order chi connectivity index (χ0) is 18.8. The Hall–Kier alpha value is -2.16. The second-order valence-corrected chi connectivity index (χ2v) is 7.94. The molecule has 0 aliphatic heterocycles. The second-order valence-electron chi connectivity index (χ2n) is 6.99. The third kappa shape index (κ3) is 5.15. The van der Waals surface area contributed by atoms with E-state index in [-0.39, 0.29) is 29.7 Å². The number of aromatic nitrogens is 4. The average Bonchev–Trinajstić information content (AvgIpc) is 2.85. The Bertz CT molecular complexity index is 796. The smallest absolute Gasteiger partial charge is 0.256 e. The molecule has 136 valence electrons. The van der Waals surface area contributed by atoms with E-state index in [4.69, 9.17) is 0 Å². The van der Waals surface area contributed by atoms with Crippen LogP contribution in [0.1, 0.15) is 32.2 Å². The molecule has 0 radical (unpaired) electrons. The van der Waals surface area contributed by atoms with Gasteiger partial charge in [0.25, 0.3) is 5.78 Å². The SMILES string of the molecule is Cc1cc(C)n2c(SCC(=O)N(C)CC(=O)NC(C)(C)C)nnc2n1. The minimum absolute atomic E-state index is 0.0248. The van der Waals surface area contributed by atoms with Gasteiger partial charge in [0.1, 0.15) is 0 Å². The number of nitrogens with one attached hydrogen (secondary N) is 1. The van der Waals surface area contributed by atoms with E-state index in [0.29, 0.717) is 10.9 Å². The summed E-state index contributed by atoms with van der Waals surface area (Å²) in [5.41, 5.74) is 1.51. The van der Waals surface area contributed by atoms with Crippen molar-refractivity contribution in [2.24, 2.45) is 0 Å². The van der Waals surface area contributed by atoms with Crippen molar-refractivity contribution in [2.45, 2.75) is 45.3 Å². The molecule has 1 N–H and O–H groups in total. The van der Waals surface area contributed by atoms with Crippen LogP contribution in [0.2, 0.25) is 0 Å². The minimum atomic E-state index is -0.321. The minimum Gasteiger partial charge on any atom is -0.350 e. The van der Waals surface area contributed by atoms with Crippen LogP contribution in [0.3, 0.4) is 0 Å². The van der Waals surface area contributed by atoms with E-state index in [1.165, 1.54) is 16.7 Å². The first-order valence-electron chi connectivity index (χ1n) is 7.94. The molecule has 9 heteroatoms. The van der Waals surface area contributed by atoms with Crippen molar-refractivity contribution in [3.8, 4) is 0 Å². The molecule has 2 aromatic heterocycles. The Kier molecular flexibility index (Phi) is 5.66. The Morgan fingerprint density at radius 2 is 1.96 bits per heavy atom. The van der Waals surface area contributed by atoms with Crippen molar-refractivity contribution in [3.63, 3.8) is 0 Å². The second kappa shape index (κ2) is 7.38. The molecule has 2 rings (SSSR count). The predicted octanol–water partition coefficient (Wildman–Crippen LogP) is 1.21. The van der Waals surface area contributed by atoms with Gasteiger partial charge < -0.3 is 10.2 Å². The summed E-state index contributed by atoms with van der Waals surface area (Å²) >= 11 is 1.28. The number of aryl methyl sites for hydroxylation is 2. The summed E-state index contributed by atoms with van der Waals surface area (Å²) in [6, 6.07) is 1.94. The zero-order valence-electron chi connectivity index (χ0n) is 15.5. The standard InChI is InChI=1S/C16H24N6O2S/c1-10-7-11(2)22-14(17-10)19-20-15(22)25-9-13(24)21(6)8-12(23)18-16(3,4)5/h7H,8-9H2,1-6H3,(H,18,23). The first-order chi connectivity index (χ1) is 11.6. The number of rotatable bonds is 5. The van der Waals surface area contributed by atoms with E-state index < -0.39 is 0 Å². The number of carbonyl (C=O) groups is 2. The summed E-state index contributed by atoms with van der Waals surface area (Å²) in [6.07, 6.45) is 0. The maximum atomic E-state index is 12.3.